The molecule has 3 fully saturated rings. The molecule has 2 N–H and O–H groups in total. The Hall–Kier alpha value is -3.34. The van der Waals surface area contributed by atoms with Gasteiger partial charge in [0.1, 0.15) is 28.7 Å². The summed E-state index contributed by atoms with van der Waals surface area (Å²) in [5, 5.41) is 0.773. The number of hydrogen-bond donors (Lipinski definition) is 1. The summed E-state index contributed by atoms with van der Waals surface area (Å²) in [4.78, 5) is 28.8. The molecule has 1 aromatic carbocycles. The molecule has 0 bridgehead atoms. The van der Waals surface area contributed by atoms with Crippen molar-refractivity contribution in [3.63, 3.8) is 0 Å². The van der Waals surface area contributed by atoms with E-state index in [0.717, 1.165) is 31.8 Å². The third-order valence-electron chi connectivity index (χ3n) is 8.62. The van der Waals surface area contributed by atoms with Crippen molar-refractivity contribution in [3.05, 3.63) is 63.6 Å². The van der Waals surface area contributed by atoms with Gasteiger partial charge in [-0.3, -0.25) is 14.4 Å². The van der Waals surface area contributed by atoms with Gasteiger partial charge < -0.3 is 20.1 Å². The monoisotopic (exact) mass is 594 g/mol. The smallest absolute Gasteiger partial charge is 0.261 e. The molecule has 1 unspecified atom stereocenters. The second-order valence-electron chi connectivity index (χ2n) is 11.4. The van der Waals surface area contributed by atoms with Crippen LogP contribution in [0.4, 0.5) is 10.2 Å². The molecule has 42 heavy (non-hydrogen) atoms. The fourth-order valence-electron chi connectivity index (χ4n) is 6.22. The van der Waals surface area contributed by atoms with Crippen LogP contribution in [-0.4, -0.2) is 66.3 Å². The second kappa shape index (κ2) is 12.5. The number of allylic oxidation sites excluding steroid dienone is 1. The van der Waals surface area contributed by atoms with Gasteiger partial charge in [-0.1, -0.05) is 18.0 Å². The number of rotatable bonds is 5. The summed E-state index contributed by atoms with van der Waals surface area (Å²) >= 11 is 5.93. The Labute approximate surface area is 249 Å². The number of morpholine rings is 1. The van der Waals surface area contributed by atoms with Gasteiger partial charge in [0.25, 0.3) is 5.56 Å². The first kappa shape index (κ1) is 28.8. The normalized spacial score (nSPS) is 21.2. The number of nitrogens with zero attached hydrogens (tertiary/aromatic N) is 5. The minimum absolute atomic E-state index is 0.0926. The quantitative estimate of drug-likeness (QED) is 0.433. The molecular formula is C31H36ClFN6O3. The Bertz CT molecular complexity index is 1560. The van der Waals surface area contributed by atoms with Gasteiger partial charge >= 0.3 is 0 Å². The number of aliphatic imine (C=N–C) groups is 1. The molecule has 7 rings (SSSR count). The van der Waals surface area contributed by atoms with Crippen molar-refractivity contribution in [2.75, 3.05) is 44.4 Å². The lowest BCUT2D eigenvalue weighted by Crippen LogP contribution is -2.37. The van der Waals surface area contributed by atoms with Crippen LogP contribution < -0.4 is 16.2 Å². The summed E-state index contributed by atoms with van der Waals surface area (Å²) in [7, 11) is 0. The van der Waals surface area contributed by atoms with E-state index in [1.807, 2.05) is 0 Å². The first-order valence-electron chi connectivity index (χ1n) is 14.7. The predicted octanol–water partition coefficient (Wildman–Crippen LogP) is 4.52. The van der Waals surface area contributed by atoms with Gasteiger partial charge in [-0.15, -0.1) is 0 Å². The summed E-state index contributed by atoms with van der Waals surface area (Å²) in [5.74, 6) is 0.884. The number of pyridine rings is 1. The van der Waals surface area contributed by atoms with E-state index in [-0.39, 0.29) is 5.56 Å². The van der Waals surface area contributed by atoms with E-state index in [1.54, 1.807) is 35.1 Å². The fraction of sp³-hybridized carbons (Fsp3) is 0.484. The van der Waals surface area contributed by atoms with Gasteiger partial charge in [0, 0.05) is 42.9 Å². The van der Waals surface area contributed by atoms with Gasteiger partial charge in [0.05, 0.1) is 37.9 Å². The summed E-state index contributed by atoms with van der Waals surface area (Å²) in [6, 6.07) is 6.25. The second-order valence-corrected chi connectivity index (χ2v) is 11.9. The van der Waals surface area contributed by atoms with Gasteiger partial charge in [0.15, 0.2) is 0 Å². The van der Waals surface area contributed by atoms with Crippen LogP contribution in [0.1, 0.15) is 37.9 Å². The lowest BCUT2D eigenvalue weighted by Gasteiger charge is -2.36. The number of anilines is 1. The molecule has 0 amide bonds. The highest BCUT2D eigenvalue weighted by Crippen LogP contribution is 2.49. The van der Waals surface area contributed by atoms with E-state index < -0.39 is 5.82 Å². The maximum Gasteiger partial charge on any atom is 0.261 e. The highest BCUT2D eigenvalue weighted by Gasteiger charge is 2.44. The lowest BCUT2D eigenvalue weighted by atomic mass is 9.68. The SMILES string of the molecule is N/C=C\C=NCC1CC2(CCC2)CO1.O=c1c2cc(N3CCOCC3)nc(-c3ccc(Cl)cc3F)c2nc2n1CCC2. The fourth-order valence-corrected chi connectivity index (χ4v) is 6.38. The maximum absolute atomic E-state index is 14.7. The van der Waals surface area contributed by atoms with Crippen LogP contribution in [0.3, 0.4) is 0 Å². The number of benzene rings is 1. The van der Waals surface area contributed by atoms with E-state index in [0.29, 0.717) is 77.4 Å². The topological polar surface area (TPSA) is 108 Å². The lowest BCUT2D eigenvalue weighted by molar-refractivity contribution is 0.0717. The molecular weight excluding hydrogens is 559 g/mol. The highest BCUT2D eigenvalue weighted by molar-refractivity contribution is 6.30. The van der Waals surface area contributed by atoms with Crippen molar-refractivity contribution in [2.24, 2.45) is 16.1 Å². The molecule has 1 atom stereocenters. The zero-order valence-corrected chi connectivity index (χ0v) is 24.4. The van der Waals surface area contributed by atoms with Crippen molar-refractivity contribution in [2.45, 2.75) is 51.2 Å². The van der Waals surface area contributed by atoms with Crippen molar-refractivity contribution in [1.29, 1.82) is 0 Å². The molecule has 1 saturated carbocycles. The molecule has 222 valence electrons. The average molecular weight is 595 g/mol. The first-order valence-corrected chi connectivity index (χ1v) is 15.0. The molecule has 9 nitrogen and oxygen atoms in total. The Morgan fingerprint density at radius 3 is 2.71 bits per heavy atom. The Morgan fingerprint density at radius 2 is 2.00 bits per heavy atom. The molecule has 0 radical (unpaired) electrons. The van der Waals surface area contributed by atoms with Crippen LogP contribution in [0, 0.1) is 11.2 Å². The van der Waals surface area contributed by atoms with Crippen molar-refractivity contribution >= 4 is 34.5 Å². The summed E-state index contributed by atoms with van der Waals surface area (Å²) in [5.41, 5.74) is 6.75. The van der Waals surface area contributed by atoms with E-state index in [9.17, 15) is 9.18 Å². The Morgan fingerprint density at radius 1 is 1.17 bits per heavy atom. The minimum atomic E-state index is -0.483. The van der Waals surface area contributed by atoms with Crippen molar-refractivity contribution in [3.8, 4) is 11.3 Å². The van der Waals surface area contributed by atoms with Crippen LogP contribution in [0.5, 0.6) is 0 Å². The van der Waals surface area contributed by atoms with Crippen molar-refractivity contribution < 1.29 is 13.9 Å². The van der Waals surface area contributed by atoms with Gasteiger partial charge in [-0.2, -0.15) is 0 Å². The van der Waals surface area contributed by atoms with Gasteiger partial charge in [0.2, 0.25) is 0 Å². The number of halogens is 2. The summed E-state index contributed by atoms with van der Waals surface area (Å²) < 4.78 is 27.6. The van der Waals surface area contributed by atoms with Crippen LogP contribution in [-0.2, 0) is 22.4 Å². The number of aromatic nitrogens is 3. The Balaban J connectivity index is 0.000000189. The van der Waals surface area contributed by atoms with Crippen LogP contribution in [0.2, 0.25) is 5.02 Å². The molecule has 11 heteroatoms. The summed E-state index contributed by atoms with van der Waals surface area (Å²) in [6.07, 6.45) is 12.2. The van der Waals surface area contributed by atoms with E-state index in [4.69, 9.17) is 36.8 Å². The maximum atomic E-state index is 14.7. The molecule has 3 aromatic rings. The van der Waals surface area contributed by atoms with Crippen LogP contribution in [0.15, 0.2) is 46.3 Å². The molecule has 4 aliphatic rings. The standard InChI is InChI=1S/C20H18ClFN4O2.C11H18N2O/c21-12-3-4-13(15(22)10-12)18-19-14(20(27)26-5-1-2-16(26)23-19)11-17(24-18)25-6-8-28-9-7-25;12-5-2-6-13-8-10-7-11(9-14-10)3-1-4-11/h3-4,10-11H,1-2,5-9H2;2,5-6,10H,1,3-4,7-9,12H2/b;5-2-,13-6?. The molecule has 3 aliphatic heterocycles. The molecule has 2 aromatic heterocycles. The predicted molar refractivity (Wildman–Crippen MR) is 163 cm³/mol. The molecule has 1 aliphatic carbocycles. The van der Waals surface area contributed by atoms with E-state index >= 15 is 0 Å². The van der Waals surface area contributed by atoms with E-state index in [2.05, 4.69) is 9.89 Å². The number of ether oxygens (including phenoxy) is 2. The molecule has 2 saturated heterocycles. The van der Waals surface area contributed by atoms with Crippen LogP contribution in [0.25, 0.3) is 22.2 Å². The minimum Gasteiger partial charge on any atom is -0.405 e. The number of hydrogen-bond acceptors (Lipinski definition) is 8. The summed E-state index contributed by atoms with van der Waals surface area (Å²) in [6.45, 7) is 4.92. The first-order chi connectivity index (χ1) is 20.5. The largest absolute Gasteiger partial charge is 0.405 e. The van der Waals surface area contributed by atoms with Crippen molar-refractivity contribution in [1.82, 2.24) is 14.5 Å². The zero-order valence-electron chi connectivity index (χ0n) is 23.6. The third-order valence-corrected chi connectivity index (χ3v) is 8.86. The third kappa shape index (κ3) is 5.93. The number of fused-ring (bicyclic) bond motifs is 2. The Kier molecular flexibility index (Phi) is 8.55. The number of aryl methyl sites for hydroxylation is 1. The molecule has 1 spiro atoms. The highest BCUT2D eigenvalue weighted by atomic mass is 35.5. The van der Waals surface area contributed by atoms with Gasteiger partial charge in [-0.05, 0) is 67.6 Å². The number of nitrogens with two attached hydrogens (primary N) is 1. The van der Waals surface area contributed by atoms with Gasteiger partial charge in [-0.25, -0.2) is 14.4 Å². The molecule has 5 heterocycles. The average Bonchev–Trinajstić information content (AvgIpc) is 3.64. The van der Waals surface area contributed by atoms with Crippen LogP contribution >= 0.6 is 11.6 Å². The zero-order chi connectivity index (χ0) is 29.1. The van der Waals surface area contributed by atoms with E-state index in [1.165, 1.54) is 37.9 Å².